The Labute approximate surface area is 177 Å². The molecule has 0 saturated carbocycles. The molecule has 2 aromatic heterocycles. The fraction of sp³-hybridized carbons (Fsp3) is 0.238. The van der Waals surface area contributed by atoms with Gasteiger partial charge in [-0.2, -0.15) is 0 Å². The first kappa shape index (κ1) is 20.0. The summed E-state index contributed by atoms with van der Waals surface area (Å²) < 4.78 is 14.9. The molecule has 1 amide bonds. The second kappa shape index (κ2) is 8.23. The van der Waals surface area contributed by atoms with Gasteiger partial charge in [0.15, 0.2) is 11.5 Å². The van der Waals surface area contributed by atoms with Crippen LogP contribution >= 0.6 is 11.6 Å². The van der Waals surface area contributed by atoms with E-state index < -0.39 is 5.82 Å². The third-order valence-corrected chi connectivity index (χ3v) is 5.32. The van der Waals surface area contributed by atoms with Gasteiger partial charge in [0.2, 0.25) is 0 Å². The fourth-order valence-corrected chi connectivity index (χ4v) is 3.68. The van der Waals surface area contributed by atoms with Crippen molar-refractivity contribution in [2.75, 3.05) is 31.1 Å². The van der Waals surface area contributed by atoms with Gasteiger partial charge in [-0.25, -0.2) is 14.4 Å². The standard InChI is InChI=1S/C21H19ClFN5O2/c1-2-8-28-18-17(4-3-7-24-18)25-19(21(28)30)26-9-11-27(12-10-26)20(29)14-5-6-16(23)15(22)13-14/h2-7,13H,1,8-12H2. The predicted molar refractivity (Wildman–Crippen MR) is 114 cm³/mol. The molecule has 9 heteroatoms. The third kappa shape index (κ3) is 3.66. The molecule has 4 rings (SSSR count). The number of aromatic nitrogens is 3. The Hall–Kier alpha value is -3.26. The summed E-state index contributed by atoms with van der Waals surface area (Å²) >= 11 is 5.79. The maximum atomic E-state index is 13.4. The lowest BCUT2D eigenvalue weighted by Gasteiger charge is -2.35. The zero-order valence-electron chi connectivity index (χ0n) is 16.1. The second-order valence-electron chi connectivity index (χ2n) is 6.89. The Morgan fingerprint density at radius 1 is 1.23 bits per heavy atom. The zero-order valence-corrected chi connectivity index (χ0v) is 16.8. The van der Waals surface area contributed by atoms with Crippen molar-refractivity contribution in [3.8, 4) is 0 Å². The van der Waals surface area contributed by atoms with Crippen molar-refractivity contribution < 1.29 is 9.18 Å². The minimum Gasteiger partial charge on any atom is -0.348 e. The third-order valence-electron chi connectivity index (χ3n) is 5.03. The molecule has 3 aromatic rings. The number of piperazine rings is 1. The molecule has 154 valence electrons. The predicted octanol–water partition coefficient (Wildman–Crippen LogP) is 2.73. The Morgan fingerprint density at radius 3 is 2.70 bits per heavy atom. The van der Waals surface area contributed by atoms with E-state index in [0.29, 0.717) is 55.3 Å². The van der Waals surface area contributed by atoms with Gasteiger partial charge in [-0.1, -0.05) is 17.7 Å². The highest BCUT2D eigenvalue weighted by atomic mass is 35.5. The Balaban J connectivity index is 1.57. The normalized spacial score (nSPS) is 14.2. The Morgan fingerprint density at radius 2 is 2.00 bits per heavy atom. The SMILES string of the molecule is C=CCn1c(=O)c(N2CCN(C(=O)c3ccc(F)c(Cl)c3)CC2)nc2cccnc21. The number of hydrogen-bond donors (Lipinski definition) is 0. The van der Waals surface area contributed by atoms with Crippen LogP contribution in [0.2, 0.25) is 5.02 Å². The molecule has 30 heavy (non-hydrogen) atoms. The summed E-state index contributed by atoms with van der Waals surface area (Å²) in [7, 11) is 0. The van der Waals surface area contributed by atoms with E-state index in [2.05, 4.69) is 16.5 Å². The number of pyridine rings is 1. The maximum Gasteiger partial charge on any atom is 0.295 e. The van der Waals surface area contributed by atoms with Crippen molar-refractivity contribution in [2.24, 2.45) is 0 Å². The molecular weight excluding hydrogens is 409 g/mol. The van der Waals surface area contributed by atoms with Gasteiger partial charge in [-0.15, -0.1) is 6.58 Å². The van der Waals surface area contributed by atoms with Crippen molar-refractivity contribution in [1.29, 1.82) is 0 Å². The van der Waals surface area contributed by atoms with Crippen LogP contribution < -0.4 is 10.5 Å². The van der Waals surface area contributed by atoms with E-state index >= 15 is 0 Å². The molecule has 1 fully saturated rings. The minimum absolute atomic E-state index is 0.0868. The number of anilines is 1. The first-order chi connectivity index (χ1) is 14.5. The summed E-state index contributed by atoms with van der Waals surface area (Å²) in [4.78, 5) is 38.1. The number of benzene rings is 1. The summed E-state index contributed by atoms with van der Waals surface area (Å²) in [5.41, 5.74) is 1.21. The Kier molecular flexibility index (Phi) is 5.50. The Bertz CT molecular complexity index is 1190. The van der Waals surface area contributed by atoms with Crippen molar-refractivity contribution in [2.45, 2.75) is 6.54 Å². The first-order valence-corrected chi connectivity index (χ1v) is 9.83. The van der Waals surface area contributed by atoms with E-state index in [1.807, 2.05) is 11.0 Å². The van der Waals surface area contributed by atoms with Crippen LogP contribution in [0.5, 0.6) is 0 Å². The molecule has 1 saturated heterocycles. The molecule has 1 aromatic carbocycles. The summed E-state index contributed by atoms with van der Waals surface area (Å²) in [6.45, 7) is 5.75. The van der Waals surface area contributed by atoms with E-state index in [-0.39, 0.29) is 16.5 Å². The maximum absolute atomic E-state index is 13.4. The van der Waals surface area contributed by atoms with Crippen LogP contribution in [0.15, 0.2) is 54.0 Å². The summed E-state index contributed by atoms with van der Waals surface area (Å²) in [6.07, 6.45) is 3.26. The number of carbonyl (C=O) groups excluding carboxylic acids is 1. The lowest BCUT2D eigenvalue weighted by atomic mass is 10.1. The molecule has 7 nitrogen and oxygen atoms in total. The average molecular weight is 428 g/mol. The van der Waals surface area contributed by atoms with Crippen molar-refractivity contribution in [3.63, 3.8) is 0 Å². The van der Waals surface area contributed by atoms with Gasteiger partial charge in [0, 0.05) is 44.5 Å². The smallest absolute Gasteiger partial charge is 0.295 e. The van der Waals surface area contributed by atoms with Crippen LogP contribution in [0.1, 0.15) is 10.4 Å². The van der Waals surface area contributed by atoms with Crippen LogP contribution in [0, 0.1) is 5.82 Å². The molecular formula is C21H19ClFN5O2. The van der Waals surface area contributed by atoms with Gasteiger partial charge >= 0.3 is 0 Å². The van der Waals surface area contributed by atoms with Gasteiger partial charge < -0.3 is 9.80 Å². The number of nitrogens with zero attached hydrogens (tertiary/aromatic N) is 5. The van der Waals surface area contributed by atoms with Crippen LogP contribution in [0.4, 0.5) is 10.2 Å². The van der Waals surface area contributed by atoms with Gasteiger partial charge in [0.25, 0.3) is 11.5 Å². The van der Waals surface area contributed by atoms with Crippen LogP contribution in [0.25, 0.3) is 11.2 Å². The van der Waals surface area contributed by atoms with Crippen molar-refractivity contribution in [1.82, 2.24) is 19.4 Å². The van der Waals surface area contributed by atoms with Gasteiger partial charge in [-0.05, 0) is 30.3 Å². The van der Waals surface area contributed by atoms with E-state index in [0.717, 1.165) is 0 Å². The summed E-state index contributed by atoms with van der Waals surface area (Å²) in [5.74, 6) is -0.462. The number of halogens is 2. The molecule has 0 radical (unpaired) electrons. The van der Waals surface area contributed by atoms with Gasteiger partial charge in [0.05, 0.1) is 5.02 Å². The highest BCUT2D eigenvalue weighted by Gasteiger charge is 2.26. The highest BCUT2D eigenvalue weighted by Crippen LogP contribution is 2.19. The van der Waals surface area contributed by atoms with E-state index in [1.54, 1.807) is 27.8 Å². The number of amides is 1. The molecule has 0 unspecified atom stereocenters. The highest BCUT2D eigenvalue weighted by molar-refractivity contribution is 6.31. The number of hydrogen-bond acceptors (Lipinski definition) is 5. The topological polar surface area (TPSA) is 71.3 Å². The lowest BCUT2D eigenvalue weighted by molar-refractivity contribution is 0.0746. The summed E-state index contributed by atoms with van der Waals surface area (Å²) in [6, 6.07) is 7.51. The number of carbonyl (C=O) groups is 1. The van der Waals surface area contributed by atoms with E-state index in [1.165, 1.54) is 18.2 Å². The molecule has 0 bridgehead atoms. The molecule has 0 spiro atoms. The number of fused-ring (bicyclic) bond motifs is 1. The molecule has 3 heterocycles. The molecule has 1 aliphatic rings. The second-order valence-corrected chi connectivity index (χ2v) is 7.30. The van der Waals surface area contributed by atoms with Crippen LogP contribution in [-0.2, 0) is 6.54 Å². The van der Waals surface area contributed by atoms with E-state index in [9.17, 15) is 14.0 Å². The lowest BCUT2D eigenvalue weighted by Crippen LogP contribution is -2.50. The molecule has 1 aliphatic heterocycles. The quantitative estimate of drug-likeness (QED) is 0.599. The van der Waals surface area contributed by atoms with Gasteiger partial charge in [-0.3, -0.25) is 14.2 Å². The molecule has 0 atom stereocenters. The number of allylic oxidation sites excluding steroid dienone is 1. The van der Waals surface area contributed by atoms with Crippen molar-refractivity contribution in [3.05, 3.63) is 75.9 Å². The fourth-order valence-electron chi connectivity index (χ4n) is 3.50. The molecule has 0 aliphatic carbocycles. The van der Waals surface area contributed by atoms with Crippen LogP contribution in [-0.4, -0.2) is 51.5 Å². The van der Waals surface area contributed by atoms with Crippen molar-refractivity contribution >= 4 is 34.5 Å². The molecule has 0 N–H and O–H groups in total. The first-order valence-electron chi connectivity index (χ1n) is 9.45. The van der Waals surface area contributed by atoms with Gasteiger partial charge in [0.1, 0.15) is 11.3 Å². The zero-order chi connectivity index (χ0) is 21.3. The van der Waals surface area contributed by atoms with Crippen LogP contribution in [0.3, 0.4) is 0 Å². The largest absolute Gasteiger partial charge is 0.348 e. The summed E-state index contributed by atoms with van der Waals surface area (Å²) in [5, 5.41) is -0.0868. The minimum atomic E-state index is -0.564. The average Bonchev–Trinajstić information content (AvgIpc) is 2.77. The monoisotopic (exact) mass is 427 g/mol. The van der Waals surface area contributed by atoms with E-state index in [4.69, 9.17) is 11.6 Å². The number of rotatable bonds is 4.